The van der Waals surface area contributed by atoms with Crippen LogP contribution >= 0.6 is 0 Å². The van der Waals surface area contributed by atoms with Crippen LogP contribution in [0.3, 0.4) is 0 Å². The third-order valence-corrected chi connectivity index (χ3v) is 4.66. The van der Waals surface area contributed by atoms with Crippen LogP contribution in [-0.4, -0.2) is 51.8 Å². The fraction of sp³-hybridized carbons (Fsp3) is 0.200. The highest BCUT2D eigenvalue weighted by molar-refractivity contribution is 5.97. The predicted molar refractivity (Wildman–Crippen MR) is 101 cm³/mol. The Morgan fingerprint density at radius 2 is 1.81 bits per heavy atom. The zero-order chi connectivity index (χ0) is 18.6. The lowest BCUT2D eigenvalue weighted by Gasteiger charge is -2.36. The molecular formula is C20H18N6O. The van der Waals surface area contributed by atoms with Gasteiger partial charge in [0.15, 0.2) is 0 Å². The first-order valence-corrected chi connectivity index (χ1v) is 8.76. The average Bonchev–Trinajstić information content (AvgIpc) is 3.28. The van der Waals surface area contributed by atoms with E-state index in [2.05, 4.69) is 21.1 Å². The van der Waals surface area contributed by atoms with Gasteiger partial charge >= 0.3 is 0 Å². The van der Waals surface area contributed by atoms with Gasteiger partial charge in [-0.1, -0.05) is 12.1 Å². The molecule has 1 saturated heterocycles. The van der Waals surface area contributed by atoms with Crippen LogP contribution in [0, 0.1) is 11.3 Å². The highest BCUT2D eigenvalue weighted by Gasteiger charge is 2.25. The van der Waals surface area contributed by atoms with E-state index in [4.69, 9.17) is 0 Å². The maximum atomic E-state index is 13.1. The van der Waals surface area contributed by atoms with Crippen LogP contribution in [0.1, 0.15) is 15.9 Å². The van der Waals surface area contributed by atoms with Gasteiger partial charge in [0.05, 0.1) is 16.8 Å². The summed E-state index contributed by atoms with van der Waals surface area (Å²) in [5.41, 5.74) is 1.96. The number of anilines is 1. The van der Waals surface area contributed by atoms with Crippen LogP contribution in [0.15, 0.2) is 61.1 Å². The molecule has 0 N–H and O–H groups in total. The average molecular weight is 358 g/mol. The highest BCUT2D eigenvalue weighted by Crippen LogP contribution is 2.20. The minimum atomic E-state index is -0.0118. The second-order valence-corrected chi connectivity index (χ2v) is 6.23. The van der Waals surface area contributed by atoms with Crippen LogP contribution in [-0.2, 0) is 0 Å². The molecule has 7 heteroatoms. The Kier molecular flexibility index (Phi) is 4.54. The predicted octanol–water partition coefficient (Wildman–Crippen LogP) is 2.10. The number of carbonyl (C=O) groups is 1. The van der Waals surface area contributed by atoms with Crippen molar-refractivity contribution in [3.05, 3.63) is 72.2 Å². The zero-order valence-corrected chi connectivity index (χ0v) is 14.7. The summed E-state index contributed by atoms with van der Waals surface area (Å²) in [4.78, 5) is 21.3. The van der Waals surface area contributed by atoms with E-state index in [-0.39, 0.29) is 5.91 Å². The summed E-state index contributed by atoms with van der Waals surface area (Å²) in [5, 5.41) is 13.5. The number of nitrogens with zero attached hydrogens (tertiary/aromatic N) is 6. The summed E-state index contributed by atoms with van der Waals surface area (Å²) in [6, 6.07) is 15.0. The maximum absolute atomic E-state index is 13.1. The smallest absolute Gasteiger partial charge is 0.256 e. The zero-order valence-electron chi connectivity index (χ0n) is 14.7. The number of para-hydroxylation sites is 1. The second kappa shape index (κ2) is 7.30. The van der Waals surface area contributed by atoms with Crippen molar-refractivity contribution in [3.8, 4) is 11.8 Å². The molecule has 27 heavy (non-hydrogen) atoms. The Morgan fingerprint density at radius 1 is 1.00 bits per heavy atom. The number of amides is 1. The first-order valence-electron chi connectivity index (χ1n) is 8.76. The van der Waals surface area contributed by atoms with Gasteiger partial charge in [-0.15, -0.1) is 0 Å². The monoisotopic (exact) mass is 358 g/mol. The largest absolute Gasteiger partial charge is 0.352 e. The molecule has 1 aliphatic rings. The quantitative estimate of drug-likeness (QED) is 0.716. The number of hydrogen-bond acceptors (Lipinski definition) is 5. The number of aromatic nitrogens is 3. The standard InChI is InChI=1S/C20H18N6O/c21-15-16-5-3-8-22-19(16)24-11-13-25(14-12-24)20(27)17-6-1-2-7-18(17)26-10-4-9-23-26/h1-10H,11-14H2. The van der Waals surface area contributed by atoms with Gasteiger partial charge in [-0.05, 0) is 30.3 Å². The lowest BCUT2D eigenvalue weighted by atomic mass is 10.1. The molecule has 3 heterocycles. The normalized spacial score (nSPS) is 14.0. The van der Waals surface area contributed by atoms with Gasteiger partial charge in [-0.3, -0.25) is 4.79 Å². The molecule has 4 rings (SSSR count). The van der Waals surface area contributed by atoms with Crippen molar-refractivity contribution in [1.29, 1.82) is 5.26 Å². The van der Waals surface area contributed by atoms with Gasteiger partial charge in [-0.25, -0.2) is 9.67 Å². The van der Waals surface area contributed by atoms with E-state index < -0.39 is 0 Å². The van der Waals surface area contributed by atoms with E-state index in [1.807, 2.05) is 41.4 Å². The van der Waals surface area contributed by atoms with Crippen LogP contribution < -0.4 is 4.90 Å². The molecular weight excluding hydrogens is 340 g/mol. The Hall–Kier alpha value is -3.66. The molecule has 0 unspecified atom stereocenters. The molecule has 0 saturated carbocycles. The molecule has 0 spiro atoms. The number of nitriles is 1. The molecule has 0 radical (unpaired) electrons. The van der Waals surface area contributed by atoms with Gasteiger partial charge < -0.3 is 9.80 Å². The Bertz CT molecular complexity index is 984. The number of benzene rings is 1. The Labute approximate surface area is 157 Å². The molecule has 0 bridgehead atoms. The third-order valence-electron chi connectivity index (χ3n) is 4.66. The first kappa shape index (κ1) is 16.8. The molecule has 1 fully saturated rings. The summed E-state index contributed by atoms with van der Waals surface area (Å²) >= 11 is 0. The molecule has 7 nitrogen and oxygen atoms in total. The van der Waals surface area contributed by atoms with E-state index in [1.54, 1.807) is 29.2 Å². The van der Waals surface area contributed by atoms with Crippen LogP contribution in [0.25, 0.3) is 5.69 Å². The Morgan fingerprint density at radius 3 is 2.56 bits per heavy atom. The number of rotatable bonds is 3. The summed E-state index contributed by atoms with van der Waals surface area (Å²) in [5.74, 6) is 0.673. The van der Waals surface area contributed by atoms with Gasteiger partial charge in [0, 0.05) is 44.8 Å². The molecule has 1 aromatic carbocycles. The van der Waals surface area contributed by atoms with Crippen molar-refractivity contribution in [2.75, 3.05) is 31.1 Å². The molecule has 2 aromatic heterocycles. The maximum Gasteiger partial charge on any atom is 0.256 e. The summed E-state index contributed by atoms with van der Waals surface area (Å²) < 4.78 is 1.70. The minimum Gasteiger partial charge on any atom is -0.352 e. The second-order valence-electron chi connectivity index (χ2n) is 6.23. The fourth-order valence-corrected chi connectivity index (χ4v) is 3.29. The van der Waals surface area contributed by atoms with Crippen molar-refractivity contribution < 1.29 is 4.79 Å². The molecule has 3 aromatic rings. The first-order chi connectivity index (χ1) is 13.3. The van der Waals surface area contributed by atoms with Crippen molar-refractivity contribution in [3.63, 3.8) is 0 Å². The van der Waals surface area contributed by atoms with Crippen LogP contribution in [0.2, 0.25) is 0 Å². The Balaban J connectivity index is 1.51. The lowest BCUT2D eigenvalue weighted by molar-refractivity contribution is 0.0746. The van der Waals surface area contributed by atoms with E-state index >= 15 is 0 Å². The van der Waals surface area contributed by atoms with Gasteiger partial charge in [0.2, 0.25) is 0 Å². The van der Waals surface area contributed by atoms with Crippen LogP contribution in [0.5, 0.6) is 0 Å². The summed E-state index contributed by atoms with van der Waals surface area (Å²) in [7, 11) is 0. The third kappa shape index (κ3) is 3.25. The topological polar surface area (TPSA) is 78.0 Å². The van der Waals surface area contributed by atoms with Crippen LogP contribution in [0.4, 0.5) is 5.82 Å². The summed E-state index contributed by atoms with van der Waals surface area (Å²) in [6.45, 7) is 2.43. The molecule has 0 atom stereocenters. The number of piperazine rings is 1. The summed E-state index contributed by atoms with van der Waals surface area (Å²) in [6.07, 6.45) is 5.21. The van der Waals surface area contributed by atoms with Gasteiger partial charge in [-0.2, -0.15) is 10.4 Å². The van der Waals surface area contributed by atoms with E-state index in [1.165, 1.54) is 0 Å². The van der Waals surface area contributed by atoms with Gasteiger partial charge in [0.1, 0.15) is 11.9 Å². The van der Waals surface area contributed by atoms with E-state index in [9.17, 15) is 10.1 Å². The van der Waals surface area contributed by atoms with Gasteiger partial charge in [0.25, 0.3) is 5.91 Å². The van der Waals surface area contributed by atoms with Crippen molar-refractivity contribution >= 4 is 11.7 Å². The van der Waals surface area contributed by atoms with Crippen molar-refractivity contribution in [2.45, 2.75) is 0 Å². The van der Waals surface area contributed by atoms with E-state index in [0.29, 0.717) is 43.1 Å². The van der Waals surface area contributed by atoms with Crippen molar-refractivity contribution in [2.24, 2.45) is 0 Å². The minimum absolute atomic E-state index is 0.0118. The molecule has 1 amide bonds. The van der Waals surface area contributed by atoms with E-state index in [0.717, 1.165) is 5.69 Å². The molecule has 0 aliphatic carbocycles. The van der Waals surface area contributed by atoms with Crippen molar-refractivity contribution in [1.82, 2.24) is 19.7 Å². The highest BCUT2D eigenvalue weighted by atomic mass is 16.2. The molecule has 134 valence electrons. The lowest BCUT2D eigenvalue weighted by Crippen LogP contribution is -2.49. The number of carbonyl (C=O) groups excluding carboxylic acids is 1. The molecule has 1 aliphatic heterocycles. The SMILES string of the molecule is N#Cc1cccnc1N1CCN(C(=O)c2ccccc2-n2cccn2)CC1. The fourth-order valence-electron chi connectivity index (χ4n) is 3.29. The number of hydrogen-bond donors (Lipinski definition) is 0. The number of pyridine rings is 1.